The van der Waals surface area contributed by atoms with Crippen molar-refractivity contribution in [1.29, 1.82) is 5.26 Å². The van der Waals surface area contributed by atoms with E-state index in [1.807, 2.05) is 0 Å². The van der Waals surface area contributed by atoms with Crippen LogP contribution in [0.1, 0.15) is 35.3 Å². The molecule has 23 heavy (non-hydrogen) atoms. The third-order valence-electron chi connectivity index (χ3n) is 3.60. The second kappa shape index (κ2) is 7.02. The molecule has 0 radical (unpaired) electrons. The van der Waals surface area contributed by atoms with Gasteiger partial charge in [0.05, 0.1) is 11.3 Å². The summed E-state index contributed by atoms with van der Waals surface area (Å²) in [5.74, 6) is 0.220. The third kappa shape index (κ3) is 3.65. The van der Waals surface area contributed by atoms with Crippen LogP contribution in [0.4, 0.5) is 10.9 Å². The number of amides is 1. The number of hydrogen-bond acceptors (Lipinski definition) is 7. The normalized spacial score (nSPS) is 13.9. The quantitative estimate of drug-likeness (QED) is 0.576. The first-order valence-corrected chi connectivity index (χ1v) is 9.12. The van der Waals surface area contributed by atoms with Gasteiger partial charge in [-0.15, -0.1) is 16.4 Å². The Morgan fingerprint density at radius 1 is 1.43 bits per heavy atom. The summed E-state index contributed by atoms with van der Waals surface area (Å²) in [5.41, 5.74) is 7.19. The predicted molar refractivity (Wildman–Crippen MR) is 90.4 cm³/mol. The van der Waals surface area contributed by atoms with E-state index >= 15 is 0 Å². The monoisotopic (exact) mass is 348 g/mol. The van der Waals surface area contributed by atoms with Gasteiger partial charge in [0, 0.05) is 4.88 Å². The molecular weight excluding hydrogens is 332 g/mol. The van der Waals surface area contributed by atoms with Crippen molar-refractivity contribution in [3.63, 3.8) is 0 Å². The van der Waals surface area contributed by atoms with Gasteiger partial charge < -0.3 is 11.1 Å². The number of aromatic nitrogens is 3. The lowest BCUT2D eigenvalue weighted by Gasteiger charge is -2.02. The van der Waals surface area contributed by atoms with Gasteiger partial charge in [-0.25, -0.2) is 5.10 Å². The van der Waals surface area contributed by atoms with Crippen LogP contribution in [0.15, 0.2) is 5.16 Å². The third-order valence-corrected chi connectivity index (χ3v) is 5.66. The standard InChI is InChI=1S/C14H16N6OS2/c15-6-9-8-4-2-1-3-5-10(8)23-12(9)17-11(21)7-22-14-18-13(16)19-20-14/h1-5,7H2,(H,17,21)(H3,16,18,19,20). The molecule has 2 heterocycles. The zero-order valence-electron chi connectivity index (χ0n) is 12.4. The molecule has 1 aliphatic carbocycles. The summed E-state index contributed by atoms with van der Waals surface area (Å²) in [4.78, 5) is 17.3. The van der Waals surface area contributed by atoms with Gasteiger partial charge in [-0.1, -0.05) is 18.2 Å². The minimum absolute atomic E-state index is 0.171. The van der Waals surface area contributed by atoms with E-state index in [1.54, 1.807) is 0 Å². The molecule has 0 fully saturated rings. The Hall–Kier alpha value is -2.05. The molecule has 120 valence electrons. The highest BCUT2D eigenvalue weighted by Gasteiger charge is 2.21. The van der Waals surface area contributed by atoms with E-state index in [0.717, 1.165) is 31.2 Å². The van der Waals surface area contributed by atoms with Gasteiger partial charge >= 0.3 is 0 Å². The maximum absolute atomic E-state index is 12.1. The Morgan fingerprint density at radius 2 is 2.26 bits per heavy atom. The van der Waals surface area contributed by atoms with Crippen molar-refractivity contribution < 1.29 is 4.79 Å². The molecule has 0 saturated heterocycles. The average molecular weight is 348 g/mol. The summed E-state index contributed by atoms with van der Waals surface area (Å²) < 4.78 is 0. The molecule has 1 amide bonds. The molecule has 2 aromatic heterocycles. The first kappa shape index (κ1) is 15.8. The summed E-state index contributed by atoms with van der Waals surface area (Å²) in [7, 11) is 0. The van der Waals surface area contributed by atoms with E-state index in [0.29, 0.717) is 15.7 Å². The number of carbonyl (C=O) groups excluding carboxylic acids is 1. The van der Waals surface area contributed by atoms with Crippen molar-refractivity contribution in [2.24, 2.45) is 0 Å². The van der Waals surface area contributed by atoms with Crippen molar-refractivity contribution >= 4 is 40.0 Å². The molecule has 4 N–H and O–H groups in total. The summed E-state index contributed by atoms with van der Waals surface area (Å²) in [6, 6.07) is 2.26. The van der Waals surface area contributed by atoms with Crippen LogP contribution in [0.25, 0.3) is 0 Å². The van der Waals surface area contributed by atoms with Crippen LogP contribution in [0.5, 0.6) is 0 Å². The number of nitrogens with one attached hydrogen (secondary N) is 2. The summed E-state index contributed by atoms with van der Waals surface area (Å²) in [6.45, 7) is 0. The van der Waals surface area contributed by atoms with Crippen LogP contribution >= 0.6 is 23.1 Å². The molecule has 0 saturated carbocycles. The van der Waals surface area contributed by atoms with Gasteiger partial charge in [0.25, 0.3) is 0 Å². The van der Waals surface area contributed by atoms with Crippen LogP contribution in [0.2, 0.25) is 0 Å². The van der Waals surface area contributed by atoms with Crippen molar-refractivity contribution in [3.05, 3.63) is 16.0 Å². The molecule has 7 nitrogen and oxygen atoms in total. The predicted octanol–water partition coefficient (Wildman–Crippen LogP) is 2.32. The number of thioether (sulfide) groups is 1. The van der Waals surface area contributed by atoms with Gasteiger partial charge in [0.15, 0.2) is 0 Å². The number of aryl methyl sites for hydroxylation is 1. The molecule has 0 bridgehead atoms. The first-order valence-electron chi connectivity index (χ1n) is 7.32. The van der Waals surface area contributed by atoms with Crippen molar-refractivity contribution in [1.82, 2.24) is 15.2 Å². The second-order valence-electron chi connectivity index (χ2n) is 5.22. The number of nitriles is 1. The molecule has 0 aromatic carbocycles. The number of nitrogens with zero attached hydrogens (tertiary/aromatic N) is 3. The maximum atomic E-state index is 12.1. The molecule has 2 aromatic rings. The fraction of sp³-hybridized carbons (Fsp3) is 0.429. The lowest BCUT2D eigenvalue weighted by atomic mass is 10.1. The lowest BCUT2D eigenvalue weighted by molar-refractivity contribution is -0.113. The summed E-state index contributed by atoms with van der Waals surface area (Å²) in [6.07, 6.45) is 5.37. The lowest BCUT2D eigenvalue weighted by Crippen LogP contribution is -2.14. The molecule has 9 heteroatoms. The van der Waals surface area contributed by atoms with Gasteiger partial charge in [-0.2, -0.15) is 10.2 Å². The number of nitrogen functional groups attached to an aromatic ring is 1. The van der Waals surface area contributed by atoms with Gasteiger partial charge in [-0.05, 0) is 31.2 Å². The van der Waals surface area contributed by atoms with Crippen molar-refractivity contribution in [2.45, 2.75) is 37.3 Å². The van der Waals surface area contributed by atoms with Gasteiger partial charge in [0.1, 0.15) is 11.1 Å². The Labute approximate surface area is 141 Å². The Morgan fingerprint density at radius 3 is 3.00 bits per heavy atom. The first-order chi connectivity index (χ1) is 11.2. The zero-order valence-corrected chi connectivity index (χ0v) is 14.0. The number of rotatable bonds is 4. The second-order valence-corrected chi connectivity index (χ2v) is 7.27. The topological polar surface area (TPSA) is 120 Å². The molecule has 0 spiro atoms. The Bertz CT molecular complexity index is 760. The van der Waals surface area contributed by atoms with Crippen LogP contribution in [-0.4, -0.2) is 26.8 Å². The number of H-pyrrole nitrogens is 1. The fourth-order valence-corrected chi connectivity index (χ4v) is 4.43. The molecule has 0 atom stereocenters. The minimum Gasteiger partial charge on any atom is -0.368 e. The number of anilines is 2. The van der Waals surface area contributed by atoms with E-state index in [9.17, 15) is 10.1 Å². The molecule has 0 unspecified atom stereocenters. The molecule has 3 rings (SSSR count). The largest absolute Gasteiger partial charge is 0.368 e. The number of fused-ring (bicyclic) bond motifs is 1. The number of nitrogens with two attached hydrogens (primary N) is 1. The number of aromatic amines is 1. The molecule has 1 aliphatic rings. The zero-order chi connectivity index (χ0) is 16.2. The number of carbonyl (C=O) groups is 1. The Balaban J connectivity index is 1.67. The van der Waals surface area contributed by atoms with Crippen LogP contribution in [0, 0.1) is 11.3 Å². The Kier molecular flexibility index (Phi) is 4.83. The number of hydrogen-bond donors (Lipinski definition) is 3. The average Bonchev–Trinajstić information content (AvgIpc) is 3.01. The van der Waals surface area contributed by atoms with Crippen LogP contribution in [-0.2, 0) is 17.6 Å². The van der Waals surface area contributed by atoms with Crippen molar-refractivity contribution in [2.75, 3.05) is 16.8 Å². The highest BCUT2D eigenvalue weighted by molar-refractivity contribution is 7.99. The summed E-state index contributed by atoms with van der Waals surface area (Å²) in [5, 5.41) is 19.8. The SMILES string of the molecule is N#Cc1c(NC(=O)CSc2n[nH]c(N)n2)sc2c1CCCCC2. The maximum Gasteiger partial charge on any atom is 0.235 e. The highest BCUT2D eigenvalue weighted by Crippen LogP contribution is 2.37. The smallest absolute Gasteiger partial charge is 0.235 e. The van der Waals surface area contributed by atoms with E-state index in [-0.39, 0.29) is 17.6 Å². The molecule has 0 aliphatic heterocycles. The van der Waals surface area contributed by atoms with E-state index in [1.165, 1.54) is 34.4 Å². The van der Waals surface area contributed by atoms with E-state index in [2.05, 4.69) is 26.6 Å². The highest BCUT2D eigenvalue weighted by atomic mass is 32.2. The summed E-state index contributed by atoms with van der Waals surface area (Å²) >= 11 is 2.73. The van der Waals surface area contributed by atoms with Crippen LogP contribution in [0.3, 0.4) is 0 Å². The minimum atomic E-state index is -0.175. The van der Waals surface area contributed by atoms with Crippen molar-refractivity contribution in [3.8, 4) is 6.07 Å². The molecular formula is C14H16N6OS2. The number of thiophene rings is 1. The fourth-order valence-electron chi connectivity index (χ4n) is 2.56. The van der Waals surface area contributed by atoms with Gasteiger partial charge in [0.2, 0.25) is 17.0 Å². The van der Waals surface area contributed by atoms with E-state index < -0.39 is 0 Å². The van der Waals surface area contributed by atoms with E-state index in [4.69, 9.17) is 5.73 Å². The van der Waals surface area contributed by atoms with Gasteiger partial charge in [-0.3, -0.25) is 4.79 Å². The van der Waals surface area contributed by atoms with Crippen LogP contribution < -0.4 is 11.1 Å².